The fourth-order valence-corrected chi connectivity index (χ4v) is 2.41. The van der Waals surface area contributed by atoms with E-state index < -0.39 is 23.4 Å². The summed E-state index contributed by atoms with van der Waals surface area (Å²) in [5, 5.41) is 11.7. The van der Waals surface area contributed by atoms with Gasteiger partial charge in [-0.05, 0) is 26.3 Å². The summed E-state index contributed by atoms with van der Waals surface area (Å²) in [6.45, 7) is 6.31. The molecule has 0 aliphatic carbocycles. The Morgan fingerprint density at radius 2 is 1.95 bits per heavy atom. The molecule has 1 fully saturated rings. The Kier molecular flexibility index (Phi) is 7.26. The molecular formula is C14H24N2O6. The average Bonchev–Trinajstić information content (AvgIpc) is 2.46. The maximum Gasteiger partial charge on any atom is 0.343 e. The zero-order chi connectivity index (χ0) is 16.6. The third-order valence-electron chi connectivity index (χ3n) is 3.51. The molecule has 0 radical (unpaired) electrons. The van der Waals surface area contributed by atoms with Crippen LogP contribution in [-0.2, 0) is 23.9 Å². The number of carbonyl (C=O) groups excluding carboxylic acids is 2. The summed E-state index contributed by atoms with van der Waals surface area (Å²) in [6.07, 6.45) is 0.434. The number of nitrogens with one attached hydrogen (secondary N) is 1. The predicted molar refractivity (Wildman–Crippen MR) is 77.3 cm³/mol. The van der Waals surface area contributed by atoms with Crippen molar-refractivity contribution in [3.63, 3.8) is 0 Å². The van der Waals surface area contributed by atoms with E-state index >= 15 is 0 Å². The second kappa shape index (κ2) is 8.70. The number of hydrogen-bond donors (Lipinski definition) is 2. The van der Waals surface area contributed by atoms with Gasteiger partial charge >= 0.3 is 11.9 Å². The minimum absolute atomic E-state index is 0.0158. The maximum absolute atomic E-state index is 12.1. The molecule has 8 heteroatoms. The van der Waals surface area contributed by atoms with E-state index in [4.69, 9.17) is 9.47 Å². The van der Waals surface area contributed by atoms with Gasteiger partial charge in [-0.25, -0.2) is 9.59 Å². The van der Waals surface area contributed by atoms with Crippen molar-refractivity contribution in [2.75, 3.05) is 39.5 Å². The van der Waals surface area contributed by atoms with Crippen LogP contribution in [0.3, 0.4) is 0 Å². The fraction of sp³-hybridized carbons (Fsp3) is 0.786. The molecule has 1 aliphatic heterocycles. The minimum Gasteiger partial charge on any atom is -0.479 e. The van der Waals surface area contributed by atoms with Gasteiger partial charge < -0.3 is 19.9 Å². The van der Waals surface area contributed by atoms with Gasteiger partial charge in [0, 0.05) is 20.0 Å². The summed E-state index contributed by atoms with van der Waals surface area (Å²) >= 11 is 0. The summed E-state index contributed by atoms with van der Waals surface area (Å²) in [4.78, 5) is 37.1. The van der Waals surface area contributed by atoms with E-state index in [2.05, 4.69) is 10.2 Å². The summed E-state index contributed by atoms with van der Waals surface area (Å²) in [6, 6.07) is 0. The van der Waals surface area contributed by atoms with Crippen LogP contribution in [-0.4, -0.2) is 72.8 Å². The van der Waals surface area contributed by atoms with Crippen LogP contribution in [0.25, 0.3) is 0 Å². The fourth-order valence-electron chi connectivity index (χ4n) is 2.41. The number of hydrogen-bond acceptors (Lipinski definition) is 6. The lowest BCUT2D eigenvalue weighted by Gasteiger charge is -2.30. The molecule has 8 nitrogen and oxygen atoms in total. The molecule has 0 spiro atoms. The van der Waals surface area contributed by atoms with Gasteiger partial charge in [0.25, 0.3) is 0 Å². The smallest absolute Gasteiger partial charge is 0.343 e. The van der Waals surface area contributed by atoms with E-state index in [0.29, 0.717) is 26.2 Å². The molecule has 0 saturated carbocycles. The van der Waals surface area contributed by atoms with E-state index in [1.54, 1.807) is 6.92 Å². The first-order chi connectivity index (χ1) is 10.4. The van der Waals surface area contributed by atoms with E-state index in [9.17, 15) is 19.5 Å². The van der Waals surface area contributed by atoms with Crippen LogP contribution in [0.15, 0.2) is 0 Å². The lowest BCUT2D eigenvalue weighted by molar-refractivity contribution is -0.165. The maximum atomic E-state index is 12.1. The van der Waals surface area contributed by atoms with Crippen LogP contribution in [0.4, 0.5) is 0 Å². The van der Waals surface area contributed by atoms with E-state index in [1.165, 1.54) is 6.92 Å². The van der Waals surface area contributed by atoms with E-state index in [-0.39, 0.29) is 13.0 Å². The summed E-state index contributed by atoms with van der Waals surface area (Å²) < 4.78 is 10.1. The molecule has 1 heterocycles. The Balaban J connectivity index is 2.72. The molecule has 126 valence electrons. The molecule has 0 aromatic heterocycles. The van der Waals surface area contributed by atoms with Gasteiger partial charge in [0.15, 0.2) is 0 Å². The first-order valence-corrected chi connectivity index (χ1v) is 7.42. The number of nitrogens with zero attached hydrogens (tertiary/aromatic N) is 1. The Morgan fingerprint density at radius 3 is 2.45 bits per heavy atom. The van der Waals surface area contributed by atoms with Crippen molar-refractivity contribution in [2.45, 2.75) is 32.2 Å². The van der Waals surface area contributed by atoms with E-state index in [0.717, 1.165) is 13.1 Å². The first-order valence-electron chi connectivity index (χ1n) is 7.42. The number of carbonyl (C=O) groups is 3. The highest BCUT2D eigenvalue weighted by atomic mass is 16.5. The molecule has 0 bridgehead atoms. The number of carboxylic acid groups (broad SMARTS) is 1. The normalized spacial score (nSPS) is 18.3. The Bertz CT molecular complexity index is 408. The van der Waals surface area contributed by atoms with Gasteiger partial charge in [-0.2, -0.15) is 0 Å². The van der Waals surface area contributed by atoms with Crippen molar-refractivity contribution in [1.82, 2.24) is 10.2 Å². The van der Waals surface area contributed by atoms with Gasteiger partial charge in [0.05, 0.1) is 19.8 Å². The molecule has 2 N–H and O–H groups in total. The van der Waals surface area contributed by atoms with Crippen LogP contribution in [0, 0.1) is 0 Å². The molecule has 22 heavy (non-hydrogen) atoms. The second-order valence-corrected chi connectivity index (χ2v) is 5.17. The monoisotopic (exact) mass is 316 g/mol. The number of rotatable bonds is 8. The highest BCUT2D eigenvalue weighted by molar-refractivity contribution is 6.06. The number of morpholine rings is 1. The Hall–Kier alpha value is -1.67. The SMILES string of the molecule is CCOC(=O)C(CCCN1CCOCC1)(NC(C)=O)C(=O)O. The summed E-state index contributed by atoms with van der Waals surface area (Å²) in [5.74, 6) is -2.91. The summed E-state index contributed by atoms with van der Waals surface area (Å²) in [5.41, 5.74) is -2.02. The largest absolute Gasteiger partial charge is 0.479 e. The van der Waals surface area contributed by atoms with Crippen LogP contribution in [0.1, 0.15) is 26.7 Å². The van der Waals surface area contributed by atoms with Gasteiger partial charge in [-0.3, -0.25) is 9.69 Å². The molecule has 1 rings (SSSR count). The number of ether oxygens (including phenoxy) is 2. The molecule has 1 atom stereocenters. The molecule has 0 aromatic carbocycles. The Labute approximate surface area is 129 Å². The highest BCUT2D eigenvalue weighted by Gasteiger charge is 2.48. The lowest BCUT2D eigenvalue weighted by atomic mass is 9.93. The standard InChI is InChI=1S/C14H24N2O6/c1-3-22-13(20)14(12(18)19,15-11(2)17)5-4-6-16-7-9-21-10-8-16/h3-10H2,1-2H3,(H,15,17)(H,18,19). The quantitative estimate of drug-likeness (QED) is 0.464. The van der Waals surface area contributed by atoms with Crippen LogP contribution >= 0.6 is 0 Å². The zero-order valence-corrected chi connectivity index (χ0v) is 13.1. The van der Waals surface area contributed by atoms with Crippen molar-refractivity contribution in [1.29, 1.82) is 0 Å². The number of amides is 1. The number of aliphatic carboxylic acids is 1. The van der Waals surface area contributed by atoms with Crippen LogP contribution < -0.4 is 5.32 Å². The lowest BCUT2D eigenvalue weighted by Crippen LogP contribution is -2.60. The Morgan fingerprint density at radius 1 is 1.32 bits per heavy atom. The molecule has 1 saturated heterocycles. The van der Waals surface area contributed by atoms with Gasteiger partial charge in [-0.1, -0.05) is 0 Å². The van der Waals surface area contributed by atoms with Gasteiger partial charge in [-0.15, -0.1) is 0 Å². The highest BCUT2D eigenvalue weighted by Crippen LogP contribution is 2.17. The second-order valence-electron chi connectivity index (χ2n) is 5.17. The predicted octanol–water partition coefficient (Wildman–Crippen LogP) is -0.379. The van der Waals surface area contributed by atoms with E-state index in [1.807, 2.05) is 0 Å². The topological polar surface area (TPSA) is 105 Å². The van der Waals surface area contributed by atoms with Crippen molar-refractivity contribution >= 4 is 17.8 Å². The minimum atomic E-state index is -2.02. The first kappa shape index (κ1) is 18.4. The van der Waals surface area contributed by atoms with Crippen LogP contribution in [0.5, 0.6) is 0 Å². The van der Waals surface area contributed by atoms with Crippen LogP contribution in [0.2, 0.25) is 0 Å². The van der Waals surface area contributed by atoms with Crippen molar-refractivity contribution in [2.24, 2.45) is 0 Å². The molecule has 1 unspecified atom stereocenters. The van der Waals surface area contributed by atoms with Crippen molar-refractivity contribution in [3.05, 3.63) is 0 Å². The third-order valence-corrected chi connectivity index (χ3v) is 3.51. The zero-order valence-electron chi connectivity index (χ0n) is 13.1. The van der Waals surface area contributed by atoms with Crippen molar-refractivity contribution in [3.8, 4) is 0 Å². The average molecular weight is 316 g/mol. The van der Waals surface area contributed by atoms with Gasteiger partial charge in [0.1, 0.15) is 0 Å². The molecular weight excluding hydrogens is 292 g/mol. The molecule has 1 aliphatic rings. The number of esters is 1. The van der Waals surface area contributed by atoms with Gasteiger partial charge in [0.2, 0.25) is 11.4 Å². The third kappa shape index (κ3) is 4.96. The molecule has 1 amide bonds. The molecule has 0 aromatic rings. The summed E-state index contributed by atoms with van der Waals surface area (Å²) in [7, 11) is 0. The number of carboxylic acids is 1. The van der Waals surface area contributed by atoms with Crippen molar-refractivity contribution < 1.29 is 29.0 Å².